The Kier molecular flexibility index (Phi) is 5.21. The molecule has 0 aromatic carbocycles. The zero-order valence-electron chi connectivity index (χ0n) is 8.90. The van der Waals surface area contributed by atoms with Gasteiger partial charge in [0, 0.05) is 35.9 Å². The largest absolute Gasteiger partial charge is 0.364 e. The number of hydrogen-bond donors (Lipinski definition) is 2. The molecule has 1 heterocycles. The van der Waals surface area contributed by atoms with E-state index in [9.17, 15) is 9.00 Å². The highest BCUT2D eigenvalue weighted by Crippen LogP contribution is 2.18. The monoisotopic (exact) mass is 234 g/mol. The molecular weight excluding hydrogens is 216 g/mol. The molecule has 0 spiro atoms. The lowest BCUT2D eigenvalue weighted by Crippen LogP contribution is -2.37. The van der Waals surface area contributed by atoms with Gasteiger partial charge in [0.15, 0.2) is 0 Å². The molecule has 0 bridgehead atoms. The number of amides is 1. The normalized spacial score (nSPS) is 27.6. The lowest BCUT2D eigenvalue weighted by Gasteiger charge is -2.12. The van der Waals surface area contributed by atoms with Gasteiger partial charge in [-0.05, 0) is 12.8 Å². The van der Waals surface area contributed by atoms with Gasteiger partial charge in [0.2, 0.25) is 5.91 Å². The maximum Gasteiger partial charge on any atom is 0.249 e. The molecule has 88 valence electrons. The molecule has 0 radical (unpaired) electrons. The molecule has 3 N–H and O–H groups in total. The molecule has 3 atom stereocenters. The van der Waals surface area contributed by atoms with Crippen molar-refractivity contribution < 1.29 is 13.7 Å². The number of ether oxygens (including phenoxy) is 1. The molecule has 5 nitrogen and oxygen atoms in total. The van der Waals surface area contributed by atoms with Crippen LogP contribution < -0.4 is 11.1 Å². The molecule has 0 saturated carbocycles. The van der Waals surface area contributed by atoms with Gasteiger partial charge in [-0.2, -0.15) is 0 Å². The Balaban J connectivity index is 2.20. The van der Waals surface area contributed by atoms with Crippen molar-refractivity contribution in [1.82, 2.24) is 5.32 Å². The first-order chi connectivity index (χ1) is 7.13. The molecule has 1 rings (SSSR count). The van der Waals surface area contributed by atoms with E-state index in [-0.39, 0.29) is 18.1 Å². The Bertz CT molecular complexity index is 248. The zero-order chi connectivity index (χ0) is 11.3. The van der Waals surface area contributed by atoms with Crippen LogP contribution in [0.3, 0.4) is 0 Å². The van der Waals surface area contributed by atoms with Gasteiger partial charge in [-0.25, -0.2) is 0 Å². The summed E-state index contributed by atoms with van der Waals surface area (Å²) in [6, 6.07) is 0. The fraction of sp³-hybridized carbons (Fsp3) is 0.889. The highest BCUT2D eigenvalue weighted by atomic mass is 32.2. The lowest BCUT2D eigenvalue weighted by molar-refractivity contribution is -0.131. The maximum atomic E-state index is 11.5. The second-order valence-corrected chi connectivity index (χ2v) is 5.18. The van der Waals surface area contributed by atoms with E-state index in [1.54, 1.807) is 6.26 Å². The number of nitrogens with two attached hydrogens (primary N) is 1. The third kappa shape index (κ3) is 4.27. The van der Waals surface area contributed by atoms with Gasteiger partial charge in [0.05, 0.1) is 6.10 Å². The Morgan fingerprint density at radius 1 is 1.60 bits per heavy atom. The summed E-state index contributed by atoms with van der Waals surface area (Å²) in [6.45, 7) is 0.901. The minimum atomic E-state index is -0.868. The van der Waals surface area contributed by atoms with Crippen LogP contribution in [0.25, 0.3) is 0 Å². The summed E-state index contributed by atoms with van der Waals surface area (Å²) >= 11 is 0. The SMILES string of the molecule is CS(=O)CCNC(=O)C1CCC(CN)O1. The van der Waals surface area contributed by atoms with Crippen LogP contribution in [0.1, 0.15) is 12.8 Å². The minimum Gasteiger partial charge on any atom is -0.364 e. The van der Waals surface area contributed by atoms with Crippen molar-refractivity contribution in [3.8, 4) is 0 Å². The summed E-state index contributed by atoms with van der Waals surface area (Å²) in [6.07, 6.45) is 2.82. The Morgan fingerprint density at radius 3 is 2.87 bits per heavy atom. The maximum absolute atomic E-state index is 11.5. The molecule has 1 aliphatic rings. The van der Waals surface area contributed by atoms with Crippen LogP contribution in [-0.4, -0.2) is 47.4 Å². The van der Waals surface area contributed by atoms with Crippen LogP contribution in [0.15, 0.2) is 0 Å². The molecule has 0 aromatic rings. The average molecular weight is 234 g/mol. The van der Waals surface area contributed by atoms with Gasteiger partial charge in [0.25, 0.3) is 0 Å². The van der Waals surface area contributed by atoms with E-state index >= 15 is 0 Å². The van der Waals surface area contributed by atoms with Crippen molar-refractivity contribution in [2.24, 2.45) is 5.73 Å². The van der Waals surface area contributed by atoms with Crippen molar-refractivity contribution in [3.05, 3.63) is 0 Å². The van der Waals surface area contributed by atoms with Gasteiger partial charge >= 0.3 is 0 Å². The van der Waals surface area contributed by atoms with Crippen LogP contribution in [0.2, 0.25) is 0 Å². The molecule has 1 fully saturated rings. The van der Waals surface area contributed by atoms with E-state index in [0.717, 1.165) is 12.8 Å². The number of hydrogen-bond acceptors (Lipinski definition) is 4. The smallest absolute Gasteiger partial charge is 0.249 e. The number of carbonyl (C=O) groups is 1. The minimum absolute atomic E-state index is 0.0149. The molecule has 0 aromatic heterocycles. The van der Waals surface area contributed by atoms with Gasteiger partial charge in [0.1, 0.15) is 6.10 Å². The fourth-order valence-electron chi connectivity index (χ4n) is 1.50. The van der Waals surface area contributed by atoms with Crippen molar-refractivity contribution in [1.29, 1.82) is 0 Å². The van der Waals surface area contributed by atoms with Crippen LogP contribution in [0.4, 0.5) is 0 Å². The van der Waals surface area contributed by atoms with Crippen LogP contribution in [0, 0.1) is 0 Å². The van der Waals surface area contributed by atoms with Crippen LogP contribution >= 0.6 is 0 Å². The van der Waals surface area contributed by atoms with Crippen molar-refractivity contribution >= 4 is 16.7 Å². The molecule has 0 aliphatic carbocycles. The second kappa shape index (κ2) is 6.19. The lowest BCUT2D eigenvalue weighted by atomic mass is 10.2. The summed E-state index contributed by atoms with van der Waals surface area (Å²) < 4.78 is 16.2. The molecule has 6 heteroatoms. The predicted octanol–water partition coefficient (Wildman–Crippen LogP) is -1.01. The molecule has 1 aliphatic heterocycles. The third-order valence-corrected chi connectivity index (χ3v) is 3.13. The first-order valence-electron chi connectivity index (χ1n) is 5.06. The van der Waals surface area contributed by atoms with Crippen molar-refractivity contribution in [3.63, 3.8) is 0 Å². The van der Waals surface area contributed by atoms with E-state index in [0.29, 0.717) is 18.8 Å². The van der Waals surface area contributed by atoms with Gasteiger partial charge in [-0.3, -0.25) is 9.00 Å². The van der Waals surface area contributed by atoms with Crippen LogP contribution in [-0.2, 0) is 20.3 Å². The highest BCUT2D eigenvalue weighted by Gasteiger charge is 2.29. The van der Waals surface area contributed by atoms with Crippen molar-refractivity contribution in [2.45, 2.75) is 25.0 Å². The predicted molar refractivity (Wildman–Crippen MR) is 58.9 cm³/mol. The zero-order valence-corrected chi connectivity index (χ0v) is 9.72. The van der Waals surface area contributed by atoms with E-state index in [1.807, 2.05) is 0 Å². The van der Waals surface area contributed by atoms with E-state index in [2.05, 4.69) is 5.32 Å². The van der Waals surface area contributed by atoms with Crippen LogP contribution in [0.5, 0.6) is 0 Å². The Morgan fingerprint density at radius 2 is 2.33 bits per heavy atom. The second-order valence-electron chi connectivity index (χ2n) is 3.63. The topological polar surface area (TPSA) is 81.4 Å². The van der Waals surface area contributed by atoms with Gasteiger partial charge in [-0.15, -0.1) is 0 Å². The number of rotatable bonds is 5. The standard InChI is InChI=1S/C9H18N2O3S/c1-15(13)5-4-11-9(12)8-3-2-7(6-10)14-8/h7-8H,2-6,10H2,1H3,(H,11,12). The molecule has 1 amide bonds. The highest BCUT2D eigenvalue weighted by molar-refractivity contribution is 7.84. The Labute approximate surface area is 92.2 Å². The third-order valence-electron chi connectivity index (χ3n) is 2.35. The van der Waals surface area contributed by atoms with Gasteiger partial charge in [-0.1, -0.05) is 0 Å². The molecular formula is C9H18N2O3S. The summed E-state index contributed by atoms with van der Waals surface area (Å²) in [5.74, 6) is 0.370. The van der Waals surface area contributed by atoms with Gasteiger partial charge < -0.3 is 15.8 Å². The fourth-order valence-corrected chi connectivity index (χ4v) is 1.89. The van der Waals surface area contributed by atoms with E-state index < -0.39 is 10.8 Å². The first kappa shape index (κ1) is 12.6. The Hall–Kier alpha value is -0.460. The van der Waals surface area contributed by atoms with E-state index in [4.69, 9.17) is 10.5 Å². The van der Waals surface area contributed by atoms with E-state index in [1.165, 1.54) is 0 Å². The summed E-state index contributed by atoms with van der Waals surface area (Å²) in [4.78, 5) is 11.5. The summed E-state index contributed by atoms with van der Waals surface area (Å²) in [5, 5.41) is 2.70. The summed E-state index contributed by atoms with van der Waals surface area (Å²) in [7, 11) is -0.868. The molecule has 15 heavy (non-hydrogen) atoms. The number of carbonyl (C=O) groups excluding carboxylic acids is 1. The first-order valence-corrected chi connectivity index (χ1v) is 6.79. The molecule has 1 saturated heterocycles. The molecule has 3 unspecified atom stereocenters. The summed E-state index contributed by atoms with van der Waals surface area (Å²) in [5.41, 5.74) is 5.44. The average Bonchev–Trinajstić information content (AvgIpc) is 2.65. The number of nitrogens with one attached hydrogen (secondary N) is 1. The quantitative estimate of drug-likeness (QED) is 0.638. The van der Waals surface area contributed by atoms with Crippen molar-refractivity contribution in [2.75, 3.05) is 25.1 Å².